The number of aliphatic hydroxyl groups excluding tert-OH is 2. The summed E-state index contributed by atoms with van der Waals surface area (Å²) in [6, 6.07) is 20.9. The zero-order valence-electron chi connectivity index (χ0n) is 43.4. The van der Waals surface area contributed by atoms with Crippen molar-refractivity contribution in [2.45, 2.75) is 46.9 Å². The van der Waals surface area contributed by atoms with Crippen molar-refractivity contribution in [3.63, 3.8) is 0 Å². The number of nitrogens with one attached hydrogen (secondary N) is 4. The summed E-state index contributed by atoms with van der Waals surface area (Å²) in [7, 11) is -3.52. The monoisotopic (exact) mass is 1200 g/mol. The van der Waals surface area contributed by atoms with Gasteiger partial charge in [0.2, 0.25) is 20.0 Å². The van der Waals surface area contributed by atoms with E-state index in [1.807, 2.05) is 50.5 Å². The third-order valence-electron chi connectivity index (χ3n) is 12.7. The summed E-state index contributed by atoms with van der Waals surface area (Å²) < 4.78 is 89.4. The van der Waals surface area contributed by atoms with Gasteiger partial charge in [-0.05, 0) is 96.0 Å². The zero-order valence-corrected chi connectivity index (χ0v) is 48.1. The first-order chi connectivity index (χ1) is 37.3. The summed E-state index contributed by atoms with van der Waals surface area (Å²) in [6.45, 7) is 5.06. The summed E-state index contributed by atoms with van der Waals surface area (Å²) in [5, 5.41) is 27.4. The SMILES string of the molecule is CN1Cc2c(Cl)cc(Cl)cc2C(c2ccc(S(=O)(=O)NCCOCCOCCOCCNC(=O)C(O)[C@@H](O)C(=O)NCCOCCOCCOCCNS(=O)(=O)c3ccc(C4CN(C)Cc5c(Cl)cc(Cl)cc54)cc3)cc2)C1. The molecule has 26 heteroatoms. The van der Waals surface area contributed by atoms with Gasteiger partial charge < -0.3 is 59.1 Å². The lowest BCUT2D eigenvalue weighted by Crippen LogP contribution is -2.50. The van der Waals surface area contributed by atoms with Crippen molar-refractivity contribution in [1.29, 1.82) is 0 Å². The summed E-state index contributed by atoms with van der Waals surface area (Å²) in [4.78, 5) is 29.1. The number of nitrogens with zero attached hydrogens (tertiary/aromatic N) is 2. The van der Waals surface area contributed by atoms with Crippen LogP contribution >= 0.6 is 46.4 Å². The summed E-state index contributed by atoms with van der Waals surface area (Å²) in [6.07, 6.45) is -4.04. The average Bonchev–Trinajstić information content (AvgIpc) is 3.47. The van der Waals surface area contributed by atoms with Crippen LogP contribution in [0.5, 0.6) is 0 Å². The van der Waals surface area contributed by atoms with Gasteiger partial charge in [0.1, 0.15) is 0 Å². The molecule has 0 saturated heterocycles. The third kappa shape index (κ3) is 19.3. The van der Waals surface area contributed by atoms with Crippen molar-refractivity contribution in [1.82, 2.24) is 29.9 Å². The fourth-order valence-corrected chi connectivity index (χ4v) is 11.9. The van der Waals surface area contributed by atoms with Crippen molar-refractivity contribution in [2.75, 3.05) is 133 Å². The molecule has 4 aromatic carbocycles. The van der Waals surface area contributed by atoms with Crippen molar-refractivity contribution in [3.05, 3.63) is 126 Å². The first-order valence-corrected chi connectivity index (χ1v) is 29.7. The second kappa shape index (κ2) is 31.6. The largest absolute Gasteiger partial charge is 0.380 e. The van der Waals surface area contributed by atoms with Crippen molar-refractivity contribution >= 4 is 78.3 Å². The molecule has 78 heavy (non-hydrogen) atoms. The molecule has 6 N–H and O–H groups in total. The number of rotatable bonds is 33. The van der Waals surface area contributed by atoms with E-state index in [0.717, 1.165) is 46.5 Å². The number of ether oxygens (including phenoxy) is 6. The van der Waals surface area contributed by atoms with Gasteiger partial charge in [0.05, 0.1) is 89.1 Å². The van der Waals surface area contributed by atoms with Gasteiger partial charge in [-0.3, -0.25) is 9.59 Å². The van der Waals surface area contributed by atoms with E-state index >= 15 is 0 Å². The van der Waals surface area contributed by atoms with Crippen molar-refractivity contribution in [2.24, 2.45) is 0 Å². The molecule has 0 radical (unpaired) electrons. The number of sulfonamides is 2. The Balaban J connectivity index is 0.705. The van der Waals surface area contributed by atoms with Crippen LogP contribution < -0.4 is 20.1 Å². The molecule has 0 aromatic heterocycles. The number of halogens is 4. The van der Waals surface area contributed by atoms with Crippen LogP contribution in [0.15, 0.2) is 82.6 Å². The molecular weight excluding hydrogens is 1140 g/mol. The van der Waals surface area contributed by atoms with Crippen LogP contribution in [0.25, 0.3) is 0 Å². The molecule has 0 bridgehead atoms. The van der Waals surface area contributed by atoms with Gasteiger partial charge in [0, 0.05) is 84.3 Å². The Morgan fingerprint density at radius 2 is 0.821 bits per heavy atom. The lowest BCUT2D eigenvalue weighted by molar-refractivity contribution is -0.146. The molecule has 6 rings (SSSR count). The smallest absolute Gasteiger partial charge is 0.252 e. The molecule has 2 aliphatic rings. The molecule has 0 saturated carbocycles. The summed E-state index contributed by atoms with van der Waals surface area (Å²) in [5.41, 5.74) is 6.00. The Morgan fingerprint density at radius 1 is 0.513 bits per heavy atom. The van der Waals surface area contributed by atoms with Crippen LogP contribution in [0.4, 0.5) is 0 Å². The minimum absolute atomic E-state index is 0.00588. The van der Waals surface area contributed by atoms with E-state index in [0.29, 0.717) is 33.2 Å². The highest BCUT2D eigenvalue weighted by atomic mass is 35.5. The standard InChI is InChI=1S/C52H68Cl4N6O14S2/c1-61-31-43(41-27-37(53)29-47(55)45(41)33-61)35-3-7-39(8-4-35)77(67,68)59-13-17-73-21-25-75-23-19-71-15-11-57-51(65)49(63)50(64)52(66)58-12-16-72-20-24-76-26-22-74-18-14-60-78(69,70)40-9-5-36(6-10-40)44-32-62(2)34-46-42(44)28-38(54)30-48(46)56/h3-10,27-30,43-44,49-50,59-60,63-64H,11-26,31-34H2,1-2H3,(H,57,65)(H,58,66)/t43?,44?,49-,50?/m1/s1. The summed E-state index contributed by atoms with van der Waals surface area (Å²) >= 11 is 25.6. The molecule has 430 valence electrons. The van der Waals surface area contributed by atoms with E-state index in [1.165, 1.54) is 0 Å². The van der Waals surface area contributed by atoms with E-state index in [2.05, 4.69) is 29.9 Å². The van der Waals surface area contributed by atoms with Crippen LogP contribution in [-0.2, 0) is 71.1 Å². The first kappa shape index (κ1) is 63.6. The average molecular weight is 1210 g/mol. The van der Waals surface area contributed by atoms with Gasteiger partial charge in [0.25, 0.3) is 11.8 Å². The van der Waals surface area contributed by atoms with Gasteiger partial charge in [-0.25, -0.2) is 26.3 Å². The number of fused-ring (bicyclic) bond motifs is 2. The van der Waals surface area contributed by atoms with Crippen molar-refractivity contribution < 1.29 is 65.1 Å². The molecule has 4 atom stereocenters. The molecule has 4 aromatic rings. The Labute approximate surface area is 476 Å². The number of hydrogen-bond donors (Lipinski definition) is 6. The maximum Gasteiger partial charge on any atom is 0.252 e. The fourth-order valence-electron chi connectivity index (χ4n) is 8.76. The quantitative estimate of drug-likeness (QED) is 0.0372. The zero-order chi connectivity index (χ0) is 56.2. The Hall–Kier alpha value is -3.60. The van der Waals surface area contributed by atoms with Crippen LogP contribution in [-0.4, -0.2) is 194 Å². The summed E-state index contributed by atoms with van der Waals surface area (Å²) in [5.74, 6) is -1.96. The molecule has 20 nitrogen and oxygen atoms in total. The van der Waals surface area contributed by atoms with E-state index < -0.39 is 44.1 Å². The molecule has 0 aliphatic carbocycles. The second-order valence-electron chi connectivity index (χ2n) is 18.5. The Kier molecular flexibility index (Phi) is 25.7. The lowest BCUT2D eigenvalue weighted by atomic mass is 9.85. The molecule has 2 aliphatic heterocycles. The highest BCUT2D eigenvalue weighted by Gasteiger charge is 2.31. The number of amides is 2. The number of benzene rings is 4. The van der Waals surface area contributed by atoms with E-state index in [1.54, 1.807) is 36.4 Å². The van der Waals surface area contributed by atoms with Gasteiger partial charge in [-0.2, -0.15) is 0 Å². The Bertz CT molecular complexity index is 2620. The second-order valence-corrected chi connectivity index (χ2v) is 23.7. The predicted molar refractivity (Wildman–Crippen MR) is 295 cm³/mol. The maximum atomic E-state index is 12.9. The van der Waals surface area contributed by atoms with E-state index in [4.69, 9.17) is 74.8 Å². The lowest BCUT2D eigenvalue weighted by Gasteiger charge is -2.33. The van der Waals surface area contributed by atoms with Crippen LogP contribution in [0.2, 0.25) is 20.1 Å². The number of hydrogen-bond acceptors (Lipinski definition) is 16. The topological polar surface area (TPSA) is 253 Å². The fraction of sp³-hybridized carbons (Fsp3) is 0.500. The number of aliphatic hydroxyl groups is 2. The first-order valence-electron chi connectivity index (χ1n) is 25.2. The number of likely N-dealkylation sites (N-methyl/N-ethyl adjacent to an activating group) is 2. The molecule has 3 unspecified atom stereocenters. The minimum Gasteiger partial charge on any atom is -0.380 e. The predicted octanol–water partition coefficient (Wildman–Crippen LogP) is 3.77. The highest BCUT2D eigenvalue weighted by molar-refractivity contribution is 7.89. The third-order valence-corrected chi connectivity index (χ3v) is 16.7. The van der Waals surface area contributed by atoms with Gasteiger partial charge in [-0.1, -0.05) is 70.7 Å². The van der Waals surface area contributed by atoms with Crippen LogP contribution in [0.1, 0.15) is 45.2 Å². The normalized spacial score (nSPS) is 16.8. The Morgan fingerprint density at radius 3 is 1.15 bits per heavy atom. The van der Waals surface area contributed by atoms with Crippen LogP contribution in [0, 0.1) is 0 Å². The van der Waals surface area contributed by atoms with Crippen molar-refractivity contribution in [3.8, 4) is 0 Å². The van der Waals surface area contributed by atoms with Gasteiger partial charge in [-0.15, -0.1) is 0 Å². The molecule has 0 spiro atoms. The minimum atomic E-state index is -3.77. The van der Waals surface area contributed by atoms with Crippen LogP contribution in [0.3, 0.4) is 0 Å². The van der Waals surface area contributed by atoms with E-state index in [-0.39, 0.29) is 127 Å². The molecular formula is C52H68Cl4N6O14S2. The highest BCUT2D eigenvalue weighted by Crippen LogP contribution is 2.40. The number of carbonyl (C=O) groups is 2. The number of carbonyl (C=O) groups excluding carboxylic acids is 2. The molecule has 0 fully saturated rings. The van der Waals surface area contributed by atoms with E-state index in [9.17, 15) is 36.6 Å². The molecule has 2 amide bonds. The maximum absolute atomic E-state index is 12.9. The van der Waals surface area contributed by atoms with Gasteiger partial charge in [0.15, 0.2) is 12.2 Å². The molecule has 2 heterocycles. The van der Waals surface area contributed by atoms with Gasteiger partial charge >= 0.3 is 0 Å².